The third kappa shape index (κ3) is 4.44. The van der Waals surface area contributed by atoms with Gasteiger partial charge in [-0.25, -0.2) is 4.79 Å². The molecule has 0 aliphatic heterocycles. The van der Waals surface area contributed by atoms with Crippen molar-refractivity contribution in [1.82, 2.24) is 0 Å². The molecule has 1 N–H and O–H groups in total. The highest BCUT2D eigenvalue weighted by molar-refractivity contribution is 5.66. The topological polar surface area (TPSA) is 55.8 Å². The number of aromatic hydroxyl groups is 1. The van der Waals surface area contributed by atoms with Crippen molar-refractivity contribution in [3.63, 3.8) is 0 Å². The molecule has 1 rings (SSSR count). The summed E-state index contributed by atoms with van der Waals surface area (Å²) in [5, 5.41) is 9.79. The Morgan fingerprint density at radius 1 is 1.20 bits per heavy atom. The molecule has 0 bridgehead atoms. The lowest BCUT2D eigenvalue weighted by Gasteiger charge is -2.24. The fourth-order valence-corrected chi connectivity index (χ4v) is 1.58. The maximum atomic E-state index is 11.7. The second kappa shape index (κ2) is 5.73. The van der Waals surface area contributed by atoms with Crippen molar-refractivity contribution in [3.05, 3.63) is 23.8 Å². The lowest BCUT2D eigenvalue weighted by atomic mass is 9.82. The van der Waals surface area contributed by atoms with Gasteiger partial charge in [0.05, 0.1) is 0 Å². The molecule has 20 heavy (non-hydrogen) atoms. The van der Waals surface area contributed by atoms with E-state index in [4.69, 9.17) is 9.47 Å². The first-order valence-electron chi connectivity index (χ1n) is 6.79. The van der Waals surface area contributed by atoms with Crippen molar-refractivity contribution < 1.29 is 19.4 Å². The minimum atomic E-state index is -0.820. The molecule has 0 atom stereocenters. The van der Waals surface area contributed by atoms with Gasteiger partial charge in [0.2, 0.25) is 0 Å². The van der Waals surface area contributed by atoms with Crippen LogP contribution in [0.25, 0.3) is 0 Å². The van der Waals surface area contributed by atoms with E-state index >= 15 is 0 Å². The van der Waals surface area contributed by atoms with E-state index in [-0.39, 0.29) is 16.9 Å². The molecule has 4 nitrogen and oxygen atoms in total. The summed E-state index contributed by atoms with van der Waals surface area (Å²) in [6, 6.07) is 5.05. The van der Waals surface area contributed by atoms with Crippen molar-refractivity contribution in [1.29, 1.82) is 0 Å². The van der Waals surface area contributed by atoms with E-state index < -0.39 is 11.8 Å². The monoisotopic (exact) mass is 280 g/mol. The molecule has 0 fully saturated rings. The Morgan fingerprint density at radius 3 is 2.30 bits per heavy atom. The summed E-state index contributed by atoms with van der Waals surface area (Å²) in [4.78, 5) is 11.7. The Balaban J connectivity index is 2.96. The normalized spacial score (nSPS) is 12.1. The van der Waals surface area contributed by atoms with Crippen LogP contribution in [-0.2, 0) is 10.2 Å². The predicted octanol–water partition coefficient (Wildman–Crippen LogP) is 4.39. The molecule has 0 aliphatic carbocycles. The molecule has 0 saturated heterocycles. The van der Waals surface area contributed by atoms with Gasteiger partial charge in [0, 0.05) is 0 Å². The first-order chi connectivity index (χ1) is 9.05. The molecular formula is C16H24O4. The zero-order valence-electron chi connectivity index (χ0n) is 13.1. The molecule has 0 saturated carbocycles. The average Bonchev–Trinajstić information content (AvgIpc) is 2.29. The van der Waals surface area contributed by atoms with E-state index in [1.165, 1.54) is 6.07 Å². The Morgan fingerprint density at radius 2 is 1.80 bits per heavy atom. The van der Waals surface area contributed by atoms with Gasteiger partial charge >= 0.3 is 6.16 Å². The first kappa shape index (κ1) is 16.3. The fourth-order valence-electron chi connectivity index (χ4n) is 1.58. The maximum absolute atomic E-state index is 11.7. The third-order valence-corrected chi connectivity index (χ3v) is 3.21. The summed E-state index contributed by atoms with van der Waals surface area (Å²) in [6.45, 7) is 11.5. The van der Waals surface area contributed by atoms with Gasteiger partial charge in [-0.3, -0.25) is 0 Å². The number of hydrogen-bond acceptors (Lipinski definition) is 4. The van der Waals surface area contributed by atoms with E-state index in [1.54, 1.807) is 26.8 Å². The number of phenolic OH excluding ortho intramolecular Hbond substituents is 1. The summed E-state index contributed by atoms with van der Waals surface area (Å²) in [7, 11) is 0. The Kier molecular flexibility index (Phi) is 4.69. The van der Waals surface area contributed by atoms with Gasteiger partial charge < -0.3 is 14.6 Å². The van der Waals surface area contributed by atoms with E-state index in [9.17, 15) is 9.90 Å². The molecule has 112 valence electrons. The molecule has 0 heterocycles. The molecule has 1 aromatic carbocycles. The number of phenols is 1. The van der Waals surface area contributed by atoms with Crippen LogP contribution in [0.4, 0.5) is 4.79 Å². The summed E-state index contributed by atoms with van der Waals surface area (Å²) >= 11 is 0. The smallest absolute Gasteiger partial charge is 0.504 e. The van der Waals surface area contributed by atoms with E-state index in [2.05, 4.69) is 20.8 Å². The van der Waals surface area contributed by atoms with Crippen molar-refractivity contribution in [2.75, 3.05) is 0 Å². The third-order valence-electron chi connectivity index (χ3n) is 3.21. The lowest BCUT2D eigenvalue weighted by Crippen LogP contribution is -2.26. The van der Waals surface area contributed by atoms with Crippen LogP contribution in [0.1, 0.15) is 53.5 Å². The minimum absolute atomic E-state index is 0.0558. The van der Waals surface area contributed by atoms with Crippen LogP contribution in [-0.4, -0.2) is 16.9 Å². The average molecular weight is 280 g/mol. The van der Waals surface area contributed by atoms with Crippen LogP contribution in [0.2, 0.25) is 0 Å². The number of benzene rings is 1. The maximum Gasteiger partial charge on any atom is 0.514 e. The van der Waals surface area contributed by atoms with Crippen LogP contribution in [0.3, 0.4) is 0 Å². The van der Waals surface area contributed by atoms with Gasteiger partial charge in [-0.05, 0) is 50.3 Å². The molecule has 1 aromatic rings. The largest absolute Gasteiger partial charge is 0.514 e. The lowest BCUT2D eigenvalue weighted by molar-refractivity contribution is 0.0200. The van der Waals surface area contributed by atoms with Gasteiger partial charge in [-0.15, -0.1) is 0 Å². The van der Waals surface area contributed by atoms with Gasteiger partial charge in [0.15, 0.2) is 11.5 Å². The van der Waals surface area contributed by atoms with Gasteiger partial charge in [-0.1, -0.05) is 26.8 Å². The Bertz CT molecular complexity index is 484. The van der Waals surface area contributed by atoms with Crippen LogP contribution >= 0.6 is 0 Å². The van der Waals surface area contributed by atoms with Crippen LogP contribution in [0.15, 0.2) is 18.2 Å². The minimum Gasteiger partial charge on any atom is -0.504 e. The zero-order valence-corrected chi connectivity index (χ0v) is 13.1. The number of hydrogen-bond donors (Lipinski definition) is 1. The second-order valence-electron chi connectivity index (χ2n) is 6.49. The molecule has 4 heteroatoms. The molecule has 0 spiro atoms. The molecular weight excluding hydrogens is 256 g/mol. The van der Waals surface area contributed by atoms with Crippen LogP contribution in [0.5, 0.6) is 11.5 Å². The van der Waals surface area contributed by atoms with Gasteiger partial charge in [0.25, 0.3) is 0 Å². The summed E-state index contributed by atoms with van der Waals surface area (Å²) in [5.41, 5.74) is 0.309. The fraction of sp³-hybridized carbons (Fsp3) is 0.562. The van der Waals surface area contributed by atoms with Gasteiger partial charge in [-0.2, -0.15) is 0 Å². The highest BCUT2D eigenvalue weighted by Gasteiger charge is 2.22. The van der Waals surface area contributed by atoms with E-state index in [0.717, 1.165) is 12.0 Å². The SMILES string of the molecule is CCC(C)(C)c1ccc(O)c(OC(=O)OC(C)(C)C)c1. The van der Waals surface area contributed by atoms with E-state index in [1.807, 2.05) is 6.07 Å². The quantitative estimate of drug-likeness (QED) is 0.659. The van der Waals surface area contributed by atoms with Crippen LogP contribution in [0, 0.1) is 0 Å². The van der Waals surface area contributed by atoms with Crippen molar-refractivity contribution in [3.8, 4) is 11.5 Å². The molecule has 0 radical (unpaired) electrons. The highest BCUT2D eigenvalue weighted by atomic mass is 16.7. The van der Waals surface area contributed by atoms with Crippen molar-refractivity contribution >= 4 is 6.16 Å². The number of ether oxygens (including phenoxy) is 2. The standard InChI is InChI=1S/C16H24O4/c1-7-16(5,6)11-8-9-12(17)13(10-11)19-14(18)20-15(2,3)4/h8-10,17H,7H2,1-6H3. The zero-order chi connectivity index (χ0) is 15.6. The van der Waals surface area contributed by atoms with Crippen LogP contribution < -0.4 is 4.74 Å². The number of carbonyl (C=O) groups excluding carboxylic acids is 1. The summed E-state index contributed by atoms with van der Waals surface area (Å²) in [6.07, 6.45) is 0.114. The first-order valence-corrected chi connectivity index (χ1v) is 6.79. The summed E-state index contributed by atoms with van der Waals surface area (Å²) < 4.78 is 10.2. The van der Waals surface area contributed by atoms with Crippen molar-refractivity contribution in [2.45, 2.75) is 59.0 Å². The van der Waals surface area contributed by atoms with Gasteiger partial charge in [0.1, 0.15) is 5.60 Å². The number of carbonyl (C=O) groups is 1. The molecule has 0 aliphatic rings. The molecule has 0 unspecified atom stereocenters. The Labute approximate surface area is 120 Å². The predicted molar refractivity (Wildman–Crippen MR) is 78.3 cm³/mol. The highest BCUT2D eigenvalue weighted by Crippen LogP contribution is 2.34. The molecule has 0 amide bonds. The number of rotatable bonds is 3. The second-order valence-corrected chi connectivity index (χ2v) is 6.49. The van der Waals surface area contributed by atoms with E-state index in [0.29, 0.717) is 0 Å². The summed E-state index contributed by atoms with van der Waals surface area (Å²) in [5.74, 6) is 0.0461. The van der Waals surface area contributed by atoms with Crippen molar-refractivity contribution in [2.24, 2.45) is 0 Å². The molecule has 0 aromatic heterocycles. The Hall–Kier alpha value is -1.71.